The molecule has 1 aliphatic heterocycles. The summed E-state index contributed by atoms with van der Waals surface area (Å²) in [5.41, 5.74) is 1.34. The largest absolute Gasteiger partial charge is 0.300 e. The normalized spacial score (nSPS) is 24.4. The molecule has 0 unspecified atom stereocenters. The van der Waals surface area contributed by atoms with Crippen LogP contribution in [0.1, 0.15) is 38.3 Å². The number of benzene rings is 1. The maximum Gasteiger partial charge on any atom is 0.135 e. The number of ketones is 1. The van der Waals surface area contributed by atoms with Gasteiger partial charge in [-0.15, -0.1) is 0 Å². The van der Waals surface area contributed by atoms with Crippen LogP contribution in [0.2, 0.25) is 0 Å². The van der Waals surface area contributed by atoms with Crippen LogP contribution in [0.15, 0.2) is 30.3 Å². The third-order valence-electron chi connectivity index (χ3n) is 3.52. The number of carbonyl (C=O) groups excluding carboxylic acids is 1. The molecule has 2 heteroatoms. The van der Waals surface area contributed by atoms with E-state index in [9.17, 15) is 4.79 Å². The smallest absolute Gasteiger partial charge is 0.135 e. The van der Waals surface area contributed by atoms with Gasteiger partial charge in [0, 0.05) is 31.5 Å². The van der Waals surface area contributed by atoms with E-state index in [0.717, 1.165) is 6.54 Å². The number of carbonyl (C=O) groups is 1. The second-order valence-electron chi connectivity index (χ2n) is 4.67. The van der Waals surface area contributed by atoms with E-state index in [-0.39, 0.29) is 0 Å². The highest BCUT2D eigenvalue weighted by Gasteiger charge is 2.27. The second-order valence-corrected chi connectivity index (χ2v) is 4.67. The molecule has 1 aliphatic rings. The van der Waals surface area contributed by atoms with Gasteiger partial charge >= 0.3 is 0 Å². The standard InChI is InChI=1S/C14H19NO/c1-11-10-14(16)8-9-15(11)12(2)13-6-4-3-5-7-13/h3-7,11-12H,8-10H2,1-2H3/t11-,12-/m1/s1. The first-order valence-corrected chi connectivity index (χ1v) is 6.01. The maximum atomic E-state index is 11.4. The highest BCUT2D eigenvalue weighted by atomic mass is 16.1. The summed E-state index contributed by atoms with van der Waals surface area (Å²) < 4.78 is 0. The summed E-state index contributed by atoms with van der Waals surface area (Å²) in [5, 5.41) is 0. The quantitative estimate of drug-likeness (QED) is 0.759. The van der Waals surface area contributed by atoms with Crippen molar-refractivity contribution in [3.05, 3.63) is 35.9 Å². The number of piperidine rings is 1. The zero-order valence-corrected chi connectivity index (χ0v) is 10.0. The Balaban J connectivity index is 2.10. The van der Waals surface area contributed by atoms with Crippen LogP contribution in [0, 0.1) is 0 Å². The maximum absolute atomic E-state index is 11.4. The molecule has 2 nitrogen and oxygen atoms in total. The molecular formula is C14H19NO. The van der Waals surface area contributed by atoms with E-state index in [1.807, 2.05) is 6.07 Å². The Bertz CT molecular complexity index is 360. The number of rotatable bonds is 2. The van der Waals surface area contributed by atoms with Gasteiger partial charge in [-0.3, -0.25) is 9.69 Å². The number of likely N-dealkylation sites (tertiary alicyclic amines) is 1. The predicted molar refractivity (Wildman–Crippen MR) is 65.3 cm³/mol. The fourth-order valence-corrected chi connectivity index (χ4v) is 2.52. The summed E-state index contributed by atoms with van der Waals surface area (Å²) in [7, 11) is 0. The Morgan fingerprint density at radius 3 is 2.62 bits per heavy atom. The molecule has 1 aromatic carbocycles. The summed E-state index contributed by atoms with van der Waals surface area (Å²) in [6.07, 6.45) is 1.42. The van der Waals surface area contributed by atoms with Crippen LogP contribution in [-0.4, -0.2) is 23.3 Å². The van der Waals surface area contributed by atoms with E-state index in [1.54, 1.807) is 0 Å². The molecule has 0 spiro atoms. The van der Waals surface area contributed by atoms with Crippen LogP contribution in [-0.2, 0) is 4.79 Å². The minimum atomic E-state index is 0.372. The average molecular weight is 217 g/mol. The lowest BCUT2D eigenvalue weighted by Gasteiger charge is -2.37. The Labute approximate surface area is 97.3 Å². The predicted octanol–water partition coefficient (Wildman–Crippen LogP) is 2.80. The van der Waals surface area contributed by atoms with E-state index < -0.39 is 0 Å². The van der Waals surface area contributed by atoms with E-state index >= 15 is 0 Å². The summed E-state index contributed by atoms with van der Waals surface area (Å²) in [4.78, 5) is 13.8. The van der Waals surface area contributed by atoms with Crippen LogP contribution in [0.5, 0.6) is 0 Å². The van der Waals surface area contributed by atoms with Crippen LogP contribution in [0.25, 0.3) is 0 Å². The van der Waals surface area contributed by atoms with Gasteiger partial charge in [0.1, 0.15) is 5.78 Å². The fraction of sp³-hybridized carbons (Fsp3) is 0.500. The molecule has 86 valence electrons. The first-order chi connectivity index (χ1) is 7.68. The third-order valence-corrected chi connectivity index (χ3v) is 3.52. The summed E-state index contributed by atoms with van der Waals surface area (Å²) in [6, 6.07) is 11.3. The SMILES string of the molecule is C[C@@H]1CC(=O)CCN1[C@H](C)c1ccccc1. The molecular weight excluding hydrogens is 198 g/mol. The number of Topliss-reactive ketones (excluding diaryl/α,β-unsaturated/α-hetero) is 1. The number of hydrogen-bond acceptors (Lipinski definition) is 2. The van der Waals surface area contributed by atoms with Crippen molar-refractivity contribution in [1.29, 1.82) is 0 Å². The van der Waals surface area contributed by atoms with E-state index in [1.165, 1.54) is 5.56 Å². The van der Waals surface area contributed by atoms with Crippen molar-refractivity contribution in [2.45, 2.75) is 38.8 Å². The van der Waals surface area contributed by atoms with Crippen molar-refractivity contribution in [2.75, 3.05) is 6.54 Å². The van der Waals surface area contributed by atoms with Crippen molar-refractivity contribution in [3.63, 3.8) is 0 Å². The molecule has 2 atom stereocenters. The van der Waals surface area contributed by atoms with Gasteiger partial charge < -0.3 is 0 Å². The van der Waals surface area contributed by atoms with Gasteiger partial charge in [0.05, 0.1) is 0 Å². The van der Waals surface area contributed by atoms with Crippen LogP contribution in [0.4, 0.5) is 0 Å². The summed E-state index contributed by atoms with van der Waals surface area (Å²) >= 11 is 0. The molecule has 0 aliphatic carbocycles. The fourth-order valence-electron chi connectivity index (χ4n) is 2.52. The first kappa shape index (κ1) is 11.3. The molecule has 1 fully saturated rings. The van der Waals surface area contributed by atoms with Gasteiger partial charge in [-0.25, -0.2) is 0 Å². The third kappa shape index (κ3) is 2.33. The number of nitrogens with zero attached hydrogens (tertiary/aromatic N) is 1. The lowest BCUT2D eigenvalue weighted by Crippen LogP contribution is -2.42. The highest BCUT2D eigenvalue weighted by molar-refractivity contribution is 5.79. The average Bonchev–Trinajstić information content (AvgIpc) is 2.29. The molecule has 1 heterocycles. The second kappa shape index (κ2) is 4.79. The lowest BCUT2D eigenvalue weighted by atomic mass is 9.97. The summed E-state index contributed by atoms with van der Waals surface area (Å²) in [5.74, 6) is 0.406. The Kier molecular flexibility index (Phi) is 3.39. The van der Waals surface area contributed by atoms with Crippen molar-refractivity contribution in [2.24, 2.45) is 0 Å². The van der Waals surface area contributed by atoms with Crippen LogP contribution < -0.4 is 0 Å². The van der Waals surface area contributed by atoms with Crippen molar-refractivity contribution in [1.82, 2.24) is 4.90 Å². The highest BCUT2D eigenvalue weighted by Crippen LogP contribution is 2.26. The minimum absolute atomic E-state index is 0.372. The molecule has 0 aromatic heterocycles. The van der Waals surface area contributed by atoms with Gasteiger partial charge in [-0.05, 0) is 19.4 Å². The van der Waals surface area contributed by atoms with E-state index in [0.29, 0.717) is 30.7 Å². The molecule has 1 aromatic rings. The van der Waals surface area contributed by atoms with Crippen LogP contribution in [0.3, 0.4) is 0 Å². The monoisotopic (exact) mass is 217 g/mol. The molecule has 0 amide bonds. The van der Waals surface area contributed by atoms with Gasteiger partial charge in [-0.1, -0.05) is 30.3 Å². The zero-order valence-electron chi connectivity index (χ0n) is 10.0. The van der Waals surface area contributed by atoms with Crippen molar-refractivity contribution < 1.29 is 4.79 Å². The Morgan fingerprint density at radius 1 is 1.31 bits per heavy atom. The van der Waals surface area contributed by atoms with Crippen LogP contribution >= 0.6 is 0 Å². The zero-order chi connectivity index (χ0) is 11.5. The molecule has 0 saturated carbocycles. The lowest BCUT2D eigenvalue weighted by molar-refractivity contribution is -0.123. The van der Waals surface area contributed by atoms with Gasteiger partial charge in [-0.2, -0.15) is 0 Å². The van der Waals surface area contributed by atoms with Gasteiger partial charge in [0.25, 0.3) is 0 Å². The minimum Gasteiger partial charge on any atom is -0.300 e. The molecule has 0 bridgehead atoms. The van der Waals surface area contributed by atoms with E-state index in [2.05, 4.69) is 43.0 Å². The summed E-state index contributed by atoms with van der Waals surface area (Å²) in [6.45, 7) is 5.27. The van der Waals surface area contributed by atoms with Gasteiger partial charge in [0.2, 0.25) is 0 Å². The van der Waals surface area contributed by atoms with E-state index in [4.69, 9.17) is 0 Å². The number of hydrogen-bond donors (Lipinski definition) is 0. The molecule has 0 N–H and O–H groups in total. The Morgan fingerprint density at radius 2 is 2.00 bits per heavy atom. The van der Waals surface area contributed by atoms with Crippen molar-refractivity contribution in [3.8, 4) is 0 Å². The molecule has 0 radical (unpaired) electrons. The molecule has 16 heavy (non-hydrogen) atoms. The van der Waals surface area contributed by atoms with Gasteiger partial charge in [0.15, 0.2) is 0 Å². The first-order valence-electron chi connectivity index (χ1n) is 6.01. The Hall–Kier alpha value is -1.15. The molecule has 1 saturated heterocycles. The molecule has 2 rings (SSSR count). The van der Waals surface area contributed by atoms with Crippen molar-refractivity contribution >= 4 is 5.78 Å². The topological polar surface area (TPSA) is 20.3 Å².